The number of benzene rings is 2. The number of halogens is 1. The first-order valence-electron chi connectivity index (χ1n) is 6.72. The first-order chi connectivity index (χ1) is 10.6. The molecule has 0 heterocycles. The molecule has 2 aromatic carbocycles. The second kappa shape index (κ2) is 5.50. The van der Waals surface area contributed by atoms with Gasteiger partial charge in [-0.15, -0.1) is 0 Å². The van der Waals surface area contributed by atoms with E-state index in [0.717, 1.165) is 0 Å². The zero-order valence-electron chi connectivity index (χ0n) is 11.8. The predicted octanol–water partition coefficient (Wildman–Crippen LogP) is 3.08. The smallest absolute Gasteiger partial charge is 0.196 e. The van der Waals surface area contributed by atoms with Crippen molar-refractivity contribution in [3.63, 3.8) is 0 Å². The lowest BCUT2D eigenvalue weighted by Crippen LogP contribution is -2.25. The highest BCUT2D eigenvalue weighted by molar-refractivity contribution is 9.09. The molecule has 2 aromatic rings. The normalized spacial score (nSPS) is 12.6. The largest absolute Gasteiger partial charge is 0.388 e. The third kappa shape index (κ3) is 2.01. The van der Waals surface area contributed by atoms with Gasteiger partial charge < -0.3 is 5.32 Å². The van der Waals surface area contributed by atoms with Gasteiger partial charge in [-0.3, -0.25) is 14.4 Å². The highest BCUT2D eigenvalue weighted by Crippen LogP contribution is 2.34. The molecule has 110 valence electrons. The zero-order valence-corrected chi connectivity index (χ0v) is 13.4. The number of hydrogen-bond donors (Lipinski definition) is 1. The van der Waals surface area contributed by atoms with E-state index in [0.29, 0.717) is 16.8 Å². The maximum absolute atomic E-state index is 12.8. The van der Waals surface area contributed by atoms with Gasteiger partial charge in [0.05, 0.1) is 10.9 Å². The Labute approximate surface area is 135 Å². The van der Waals surface area contributed by atoms with E-state index in [2.05, 4.69) is 21.2 Å². The summed E-state index contributed by atoms with van der Waals surface area (Å²) in [6.07, 6.45) is 0. The minimum absolute atomic E-state index is 0.0987. The third-order valence-corrected chi connectivity index (χ3v) is 4.28. The number of carbonyl (C=O) groups is 3. The minimum atomic E-state index is -0.286. The van der Waals surface area contributed by atoms with Crippen LogP contribution in [0.2, 0.25) is 0 Å². The lowest BCUT2D eigenvalue weighted by molar-refractivity contribution is 0.0969. The van der Waals surface area contributed by atoms with Gasteiger partial charge in [0.1, 0.15) is 0 Å². The van der Waals surface area contributed by atoms with Gasteiger partial charge in [0, 0.05) is 35.0 Å². The van der Waals surface area contributed by atoms with Gasteiger partial charge in [0.25, 0.3) is 0 Å². The molecule has 0 aliphatic heterocycles. The SMILES string of the molecule is CNc1ccc(C(=O)CBr)c2c1C(=O)c1ccccc1C2=O. The Bertz CT molecular complexity index is 827. The maximum Gasteiger partial charge on any atom is 0.196 e. The van der Waals surface area contributed by atoms with Crippen LogP contribution >= 0.6 is 15.9 Å². The Balaban J connectivity index is 2.37. The molecule has 0 unspecified atom stereocenters. The first-order valence-corrected chi connectivity index (χ1v) is 7.84. The van der Waals surface area contributed by atoms with E-state index in [9.17, 15) is 14.4 Å². The second-order valence-corrected chi connectivity index (χ2v) is 5.48. The van der Waals surface area contributed by atoms with Crippen LogP contribution in [0.25, 0.3) is 0 Å². The predicted molar refractivity (Wildman–Crippen MR) is 87.4 cm³/mol. The van der Waals surface area contributed by atoms with Crippen molar-refractivity contribution in [2.24, 2.45) is 0 Å². The molecule has 1 N–H and O–H groups in total. The van der Waals surface area contributed by atoms with Crippen LogP contribution in [0.5, 0.6) is 0 Å². The molecular formula is C17H12BrNO3. The van der Waals surface area contributed by atoms with Crippen molar-refractivity contribution >= 4 is 39.0 Å². The number of carbonyl (C=O) groups excluding carboxylic acids is 3. The number of anilines is 1. The van der Waals surface area contributed by atoms with E-state index < -0.39 is 0 Å². The average molecular weight is 358 g/mol. The monoisotopic (exact) mass is 357 g/mol. The van der Waals surface area contributed by atoms with Gasteiger partial charge in [-0.05, 0) is 12.1 Å². The summed E-state index contributed by atoms with van der Waals surface area (Å²) < 4.78 is 0. The Kier molecular flexibility index (Phi) is 3.66. The molecule has 0 fully saturated rings. The fourth-order valence-corrected chi connectivity index (χ4v) is 3.04. The fraction of sp³-hybridized carbons (Fsp3) is 0.118. The van der Waals surface area contributed by atoms with Crippen molar-refractivity contribution in [3.8, 4) is 0 Å². The first kappa shape index (κ1) is 14.7. The summed E-state index contributed by atoms with van der Waals surface area (Å²) in [7, 11) is 1.68. The second-order valence-electron chi connectivity index (χ2n) is 4.92. The van der Waals surface area contributed by atoms with Crippen molar-refractivity contribution in [1.82, 2.24) is 0 Å². The van der Waals surface area contributed by atoms with Gasteiger partial charge in [0.2, 0.25) is 0 Å². The van der Waals surface area contributed by atoms with Crippen LogP contribution in [0.1, 0.15) is 42.2 Å². The zero-order chi connectivity index (χ0) is 15.9. The van der Waals surface area contributed by atoms with Crippen LogP contribution in [0, 0.1) is 0 Å². The van der Waals surface area contributed by atoms with Crippen LogP contribution < -0.4 is 5.32 Å². The quantitative estimate of drug-likeness (QED) is 0.577. The van der Waals surface area contributed by atoms with Gasteiger partial charge in [-0.2, -0.15) is 0 Å². The number of nitrogens with one attached hydrogen (secondary N) is 1. The van der Waals surface area contributed by atoms with Crippen molar-refractivity contribution in [3.05, 3.63) is 64.2 Å². The number of alkyl halides is 1. The van der Waals surface area contributed by atoms with Gasteiger partial charge in [-0.25, -0.2) is 0 Å². The molecule has 4 nitrogen and oxygen atoms in total. The topological polar surface area (TPSA) is 63.2 Å². The molecule has 0 atom stereocenters. The summed E-state index contributed by atoms with van der Waals surface area (Å²) in [6.45, 7) is 0. The molecule has 0 radical (unpaired) electrons. The van der Waals surface area contributed by atoms with Crippen molar-refractivity contribution in [2.75, 3.05) is 17.7 Å². The summed E-state index contributed by atoms with van der Waals surface area (Å²) in [6, 6.07) is 9.94. The van der Waals surface area contributed by atoms with Crippen LogP contribution in [-0.4, -0.2) is 29.7 Å². The Morgan fingerprint density at radius 3 is 2.14 bits per heavy atom. The Morgan fingerprint density at radius 1 is 1.00 bits per heavy atom. The van der Waals surface area contributed by atoms with Gasteiger partial charge in [-0.1, -0.05) is 40.2 Å². The molecule has 5 heteroatoms. The maximum atomic E-state index is 12.8. The number of ketones is 3. The summed E-state index contributed by atoms with van der Waals surface area (Å²) in [5, 5.41) is 3.02. The molecule has 0 saturated carbocycles. The molecule has 0 saturated heterocycles. The van der Waals surface area contributed by atoms with Crippen molar-refractivity contribution < 1.29 is 14.4 Å². The lowest BCUT2D eigenvalue weighted by Gasteiger charge is -2.22. The molecule has 3 rings (SSSR count). The molecule has 1 aliphatic carbocycles. The lowest BCUT2D eigenvalue weighted by atomic mass is 9.80. The van der Waals surface area contributed by atoms with E-state index >= 15 is 0 Å². The summed E-state index contributed by atoms with van der Waals surface area (Å²) in [5.41, 5.74) is 2.02. The summed E-state index contributed by atoms with van der Waals surface area (Å²) in [5.74, 6) is -0.746. The van der Waals surface area contributed by atoms with E-state index in [-0.39, 0.29) is 39.4 Å². The van der Waals surface area contributed by atoms with Crippen LogP contribution in [0.4, 0.5) is 5.69 Å². The fourth-order valence-electron chi connectivity index (χ4n) is 2.74. The average Bonchev–Trinajstić information content (AvgIpc) is 2.57. The van der Waals surface area contributed by atoms with Crippen LogP contribution in [0.3, 0.4) is 0 Å². The van der Waals surface area contributed by atoms with E-state index in [1.807, 2.05) is 0 Å². The summed E-state index contributed by atoms with van der Waals surface area (Å²) in [4.78, 5) is 37.7. The van der Waals surface area contributed by atoms with E-state index in [4.69, 9.17) is 0 Å². The molecule has 22 heavy (non-hydrogen) atoms. The van der Waals surface area contributed by atoms with E-state index in [1.165, 1.54) is 0 Å². The van der Waals surface area contributed by atoms with Gasteiger partial charge in [0.15, 0.2) is 17.3 Å². The Hall–Kier alpha value is -2.27. The van der Waals surface area contributed by atoms with Gasteiger partial charge >= 0.3 is 0 Å². The molecule has 0 spiro atoms. The molecular weight excluding hydrogens is 346 g/mol. The third-order valence-electron chi connectivity index (χ3n) is 3.77. The van der Waals surface area contributed by atoms with Crippen LogP contribution in [-0.2, 0) is 0 Å². The van der Waals surface area contributed by atoms with E-state index in [1.54, 1.807) is 43.4 Å². The summed E-state index contributed by atoms with van der Waals surface area (Å²) >= 11 is 3.12. The molecule has 0 bridgehead atoms. The number of fused-ring (bicyclic) bond motifs is 2. The highest BCUT2D eigenvalue weighted by Gasteiger charge is 2.34. The molecule has 0 amide bonds. The minimum Gasteiger partial charge on any atom is -0.388 e. The number of Topliss-reactive ketones (excluding diaryl/α,β-unsaturated/α-hetero) is 1. The Morgan fingerprint density at radius 2 is 1.59 bits per heavy atom. The number of hydrogen-bond acceptors (Lipinski definition) is 4. The van der Waals surface area contributed by atoms with Crippen molar-refractivity contribution in [1.29, 1.82) is 0 Å². The molecule has 1 aliphatic rings. The highest BCUT2D eigenvalue weighted by atomic mass is 79.9. The molecule has 0 aromatic heterocycles. The standard InChI is InChI=1S/C17H12BrNO3/c1-19-12-7-6-11(13(20)8-18)14-15(12)17(22)10-5-3-2-4-9(10)16(14)21/h2-7,19H,8H2,1H3. The van der Waals surface area contributed by atoms with Crippen LogP contribution in [0.15, 0.2) is 36.4 Å². The van der Waals surface area contributed by atoms with Crippen molar-refractivity contribution in [2.45, 2.75) is 0 Å². The number of rotatable bonds is 3.